The van der Waals surface area contributed by atoms with Crippen molar-refractivity contribution in [3.05, 3.63) is 71.3 Å². The Kier molecular flexibility index (Phi) is 32.6. The molecule has 4 N–H and O–H groups in total. The van der Waals surface area contributed by atoms with Crippen LogP contribution in [0.1, 0.15) is 129 Å². The lowest BCUT2D eigenvalue weighted by molar-refractivity contribution is -0.148. The van der Waals surface area contributed by atoms with Gasteiger partial charge in [0.1, 0.15) is 24.0 Å². The van der Waals surface area contributed by atoms with Crippen molar-refractivity contribution in [2.24, 2.45) is 17.8 Å². The highest BCUT2D eigenvalue weighted by Gasteiger charge is 2.26. The Labute approximate surface area is 368 Å². The van der Waals surface area contributed by atoms with Gasteiger partial charge in [-0.2, -0.15) is 0 Å². The number of nitrogens with one attached hydrogen (secondary N) is 2. The van der Waals surface area contributed by atoms with Gasteiger partial charge in [0.15, 0.2) is 5.78 Å². The Morgan fingerprint density at radius 2 is 1.31 bits per heavy atom. The van der Waals surface area contributed by atoms with Crippen molar-refractivity contribution in [1.82, 2.24) is 10.6 Å². The molecule has 0 heterocycles. The molecule has 62 heavy (non-hydrogen) atoms. The summed E-state index contributed by atoms with van der Waals surface area (Å²) in [6.07, 6.45) is 6.36. The summed E-state index contributed by atoms with van der Waals surface area (Å²) in [4.78, 5) is 94.4. The predicted molar refractivity (Wildman–Crippen MR) is 237 cm³/mol. The number of carbonyl (C=O) groups is 8. The van der Waals surface area contributed by atoms with Crippen LogP contribution >= 0.6 is 0 Å². The number of unbranched alkanes of at least 4 members (excludes halogenated alkanes) is 1. The second-order valence-corrected chi connectivity index (χ2v) is 15.3. The zero-order valence-corrected chi connectivity index (χ0v) is 37.8. The van der Waals surface area contributed by atoms with Gasteiger partial charge in [0, 0.05) is 51.2 Å². The number of ether oxygens (including phenoxy) is 2. The van der Waals surface area contributed by atoms with Gasteiger partial charge in [0.2, 0.25) is 11.8 Å². The quantitative estimate of drug-likeness (QED) is 0.0499. The van der Waals surface area contributed by atoms with E-state index >= 15 is 0 Å². The van der Waals surface area contributed by atoms with Crippen LogP contribution in [0.3, 0.4) is 0 Å². The number of aliphatic hydroxyl groups excluding tert-OH is 1. The van der Waals surface area contributed by atoms with Crippen LogP contribution in [-0.2, 0) is 67.3 Å². The van der Waals surface area contributed by atoms with Crippen molar-refractivity contribution in [2.75, 3.05) is 32.9 Å². The Hall–Kier alpha value is -5.08. The molecule has 14 nitrogen and oxygen atoms in total. The molecule has 0 fully saturated rings. The zero-order valence-electron chi connectivity index (χ0n) is 37.8. The number of amides is 2. The van der Waals surface area contributed by atoms with Crippen molar-refractivity contribution < 1.29 is 58.0 Å². The lowest BCUT2D eigenvalue weighted by Crippen LogP contribution is -2.37. The average molecular weight is 869 g/mol. The van der Waals surface area contributed by atoms with Gasteiger partial charge in [0.25, 0.3) is 0 Å². The van der Waals surface area contributed by atoms with Gasteiger partial charge in [-0.1, -0.05) is 95.1 Å². The third kappa shape index (κ3) is 30.0. The molecule has 346 valence electrons. The first-order chi connectivity index (χ1) is 29.6. The Morgan fingerprint density at radius 1 is 0.677 bits per heavy atom. The molecule has 2 aromatic carbocycles. The van der Waals surface area contributed by atoms with E-state index in [0.717, 1.165) is 36.0 Å². The molecule has 0 saturated carbocycles. The summed E-state index contributed by atoms with van der Waals surface area (Å²) in [7, 11) is 0. The van der Waals surface area contributed by atoms with Gasteiger partial charge in [-0.3, -0.25) is 28.8 Å². The highest BCUT2D eigenvalue weighted by atomic mass is 16.5. The van der Waals surface area contributed by atoms with Crippen LogP contribution in [0.2, 0.25) is 0 Å². The molecule has 0 spiro atoms. The van der Waals surface area contributed by atoms with E-state index < -0.39 is 35.5 Å². The molecule has 2 rings (SSSR count). The summed E-state index contributed by atoms with van der Waals surface area (Å²) < 4.78 is 10.5. The van der Waals surface area contributed by atoms with E-state index in [-0.39, 0.29) is 81.0 Å². The SMILES string of the molecule is CC(=O)CCCc1ccc(C[C@H](CC(=O)CNC(=O)[C@H](CCC(C)=O)CC(=O)OCc2ccccc2)C(=O)O)cc1.CCC(=O)CCCOCCNC(=O)C(C)CO.CCCC. The molecule has 14 heteroatoms. The first-order valence-electron chi connectivity index (χ1n) is 21.8. The molecule has 0 aliphatic heterocycles. The molecule has 0 aliphatic carbocycles. The van der Waals surface area contributed by atoms with Gasteiger partial charge in [-0.05, 0) is 62.6 Å². The van der Waals surface area contributed by atoms with Crippen LogP contribution in [0.25, 0.3) is 0 Å². The van der Waals surface area contributed by atoms with Crippen LogP contribution in [0, 0.1) is 17.8 Å². The van der Waals surface area contributed by atoms with Crippen molar-refractivity contribution in [2.45, 2.75) is 132 Å². The molecule has 0 aromatic heterocycles. The highest BCUT2D eigenvalue weighted by molar-refractivity contribution is 5.90. The number of hydrogen-bond acceptors (Lipinski definition) is 11. The number of aliphatic carboxylic acids is 1. The molecular weight excluding hydrogens is 797 g/mol. The highest BCUT2D eigenvalue weighted by Crippen LogP contribution is 2.17. The van der Waals surface area contributed by atoms with Gasteiger partial charge in [-0.25, -0.2) is 0 Å². The van der Waals surface area contributed by atoms with Crippen molar-refractivity contribution in [3.63, 3.8) is 0 Å². The number of hydrogen-bond donors (Lipinski definition) is 4. The number of carboxylic acids is 1. The maximum Gasteiger partial charge on any atom is 0.307 e. The van der Waals surface area contributed by atoms with E-state index in [9.17, 15) is 43.5 Å². The van der Waals surface area contributed by atoms with Crippen LogP contribution in [0.15, 0.2) is 54.6 Å². The van der Waals surface area contributed by atoms with Gasteiger partial charge in [0.05, 0.1) is 38.0 Å². The fourth-order valence-electron chi connectivity index (χ4n) is 5.45. The summed E-state index contributed by atoms with van der Waals surface area (Å²) in [5.74, 6) is -4.86. The van der Waals surface area contributed by atoms with Crippen molar-refractivity contribution in [3.8, 4) is 0 Å². The minimum atomic E-state index is -1.12. The summed E-state index contributed by atoms with van der Waals surface area (Å²) in [5.41, 5.74) is 2.61. The van der Waals surface area contributed by atoms with Crippen LogP contribution in [-0.4, -0.2) is 90.0 Å². The van der Waals surface area contributed by atoms with E-state index in [1.165, 1.54) is 19.8 Å². The number of ketones is 4. The fraction of sp³-hybridized carbons (Fsp3) is 0.583. The molecular formula is C48H72N2O12. The smallest absolute Gasteiger partial charge is 0.307 e. The number of benzene rings is 2. The predicted octanol–water partition coefficient (Wildman–Crippen LogP) is 6.35. The average Bonchev–Trinajstić information content (AvgIpc) is 3.26. The largest absolute Gasteiger partial charge is 0.481 e. The van der Waals surface area contributed by atoms with Crippen LogP contribution < -0.4 is 10.6 Å². The summed E-state index contributed by atoms with van der Waals surface area (Å²) in [5, 5.41) is 23.6. The van der Waals surface area contributed by atoms with Crippen molar-refractivity contribution in [1.29, 1.82) is 0 Å². The number of Topliss-reactive ketones (excluding diaryl/α,β-unsaturated/α-hetero) is 4. The van der Waals surface area contributed by atoms with E-state index in [2.05, 4.69) is 24.5 Å². The maximum absolute atomic E-state index is 12.8. The molecule has 0 radical (unpaired) electrons. The molecule has 2 aromatic rings. The first-order valence-corrected chi connectivity index (χ1v) is 21.8. The lowest BCUT2D eigenvalue weighted by Gasteiger charge is -2.17. The van der Waals surface area contributed by atoms with Crippen LogP contribution in [0.4, 0.5) is 0 Å². The van der Waals surface area contributed by atoms with E-state index in [1.807, 2.05) is 49.4 Å². The number of rotatable bonds is 30. The third-order valence-corrected chi connectivity index (χ3v) is 9.56. The van der Waals surface area contributed by atoms with Crippen molar-refractivity contribution >= 4 is 46.9 Å². The summed E-state index contributed by atoms with van der Waals surface area (Å²) in [6.45, 7) is 11.7. The van der Waals surface area contributed by atoms with Gasteiger partial charge in [-0.15, -0.1) is 0 Å². The summed E-state index contributed by atoms with van der Waals surface area (Å²) >= 11 is 0. The van der Waals surface area contributed by atoms with E-state index in [1.54, 1.807) is 26.0 Å². The molecule has 2 amide bonds. The van der Waals surface area contributed by atoms with E-state index in [4.69, 9.17) is 14.6 Å². The maximum atomic E-state index is 12.8. The normalized spacial score (nSPS) is 11.9. The van der Waals surface area contributed by atoms with Crippen LogP contribution in [0.5, 0.6) is 0 Å². The number of aliphatic hydroxyl groups is 1. The Balaban J connectivity index is 0.00000147. The topological polar surface area (TPSA) is 220 Å². The lowest BCUT2D eigenvalue weighted by atomic mass is 9.93. The minimum Gasteiger partial charge on any atom is -0.481 e. The Morgan fingerprint density at radius 3 is 1.87 bits per heavy atom. The molecule has 0 saturated heterocycles. The Bertz CT molecular complexity index is 1630. The van der Waals surface area contributed by atoms with E-state index in [0.29, 0.717) is 39.0 Å². The summed E-state index contributed by atoms with van der Waals surface area (Å²) in [6, 6.07) is 16.5. The minimum absolute atomic E-state index is 0.0539. The second kappa shape index (κ2) is 35.5. The standard InChI is InChI=1S/C32H39NO8.C12H23NO4.C4H10/c1-22(34)7-6-10-24-12-14-25(15-13-24)17-28(32(39)40)18-29(36)20-33-31(38)27(16-11-23(2)35)19-30(37)41-21-26-8-4-3-5-9-26;1-3-11(15)5-4-7-17-8-6-13-12(16)10(2)9-14;1-3-4-2/h3-5,8-9,12-15,27-28H,6-7,10-11,16-21H2,1-2H3,(H,33,38)(H,39,40);10,14H,3-9H2,1-2H3,(H,13,16);3-4H2,1-2H3/t27-,28-;;/m1../s1. The molecule has 1 unspecified atom stereocenters. The fourth-order valence-corrected chi connectivity index (χ4v) is 5.45. The van der Waals surface area contributed by atoms with Gasteiger partial charge >= 0.3 is 11.9 Å². The number of carbonyl (C=O) groups excluding carboxylic acids is 7. The van der Waals surface area contributed by atoms with Gasteiger partial charge < -0.3 is 39.9 Å². The zero-order chi connectivity index (χ0) is 46.7. The second-order valence-electron chi connectivity index (χ2n) is 15.3. The molecule has 0 aliphatic rings. The third-order valence-electron chi connectivity index (χ3n) is 9.56. The number of carboxylic acid groups (broad SMARTS) is 1. The molecule has 0 bridgehead atoms. The first kappa shape index (κ1) is 56.9. The molecule has 3 atom stereocenters. The number of aryl methyl sites for hydroxylation is 1. The monoisotopic (exact) mass is 869 g/mol. The number of esters is 1.